The van der Waals surface area contributed by atoms with Gasteiger partial charge in [-0.05, 0) is 26.3 Å². The second-order valence-corrected chi connectivity index (χ2v) is 6.14. The fraction of sp³-hybridized carbons (Fsp3) is 0.647. The summed E-state index contributed by atoms with van der Waals surface area (Å²) in [5.74, 6) is 0.0553. The summed E-state index contributed by atoms with van der Waals surface area (Å²) in [5, 5.41) is 15.2. The number of hydrogen-bond donors (Lipinski definition) is 3. The molecule has 2 amide bonds. The molecule has 1 atom stereocenters. The molecule has 0 aromatic carbocycles. The summed E-state index contributed by atoms with van der Waals surface area (Å²) < 4.78 is 10.6. The number of aryl methyl sites for hydroxylation is 2. The first-order valence-corrected chi connectivity index (χ1v) is 8.58. The van der Waals surface area contributed by atoms with Gasteiger partial charge in [0.05, 0.1) is 19.3 Å². The zero-order valence-corrected chi connectivity index (χ0v) is 14.8. The lowest BCUT2D eigenvalue weighted by Gasteiger charge is -2.26. The second kappa shape index (κ2) is 9.55. The highest BCUT2D eigenvalue weighted by Gasteiger charge is 2.17. The maximum absolute atomic E-state index is 11.8. The first kappa shape index (κ1) is 19.4. The van der Waals surface area contributed by atoms with Gasteiger partial charge in [-0.1, -0.05) is 0 Å². The van der Waals surface area contributed by atoms with Crippen molar-refractivity contribution in [2.24, 2.45) is 0 Å². The molecular formula is C17H27N3O5. The van der Waals surface area contributed by atoms with E-state index in [4.69, 9.17) is 9.15 Å². The number of nitrogens with zero attached hydrogens (tertiary/aromatic N) is 1. The third-order valence-corrected chi connectivity index (χ3v) is 4.17. The summed E-state index contributed by atoms with van der Waals surface area (Å²) in [4.78, 5) is 25.7. The van der Waals surface area contributed by atoms with E-state index in [-0.39, 0.29) is 6.54 Å². The Balaban J connectivity index is 1.62. The molecule has 8 heteroatoms. The number of ether oxygens (including phenoxy) is 1. The Hall–Kier alpha value is -1.90. The molecule has 1 aromatic heterocycles. The number of carbonyl (C=O) groups is 2. The van der Waals surface area contributed by atoms with Crippen LogP contribution in [0.1, 0.15) is 29.6 Å². The van der Waals surface area contributed by atoms with E-state index < -0.39 is 17.9 Å². The van der Waals surface area contributed by atoms with E-state index in [9.17, 15) is 14.7 Å². The lowest BCUT2D eigenvalue weighted by atomic mass is 10.1. The molecule has 2 rings (SSSR count). The molecule has 0 saturated carbocycles. The molecule has 0 spiro atoms. The van der Waals surface area contributed by atoms with E-state index in [1.54, 1.807) is 13.0 Å². The predicted octanol–water partition coefficient (Wildman–Crippen LogP) is -0.115. The number of morpholine rings is 1. The molecular weight excluding hydrogens is 326 g/mol. The quantitative estimate of drug-likeness (QED) is 0.591. The zero-order chi connectivity index (χ0) is 18.2. The average molecular weight is 353 g/mol. The van der Waals surface area contributed by atoms with Gasteiger partial charge in [-0.2, -0.15) is 0 Å². The monoisotopic (exact) mass is 353 g/mol. The lowest BCUT2D eigenvalue weighted by Crippen LogP contribution is -2.45. The van der Waals surface area contributed by atoms with Crippen LogP contribution in [-0.4, -0.2) is 67.8 Å². The van der Waals surface area contributed by atoms with Crippen molar-refractivity contribution in [2.75, 3.05) is 45.9 Å². The van der Waals surface area contributed by atoms with Gasteiger partial charge in [0.15, 0.2) is 0 Å². The Morgan fingerprint density at radius 3 is 2.44 bits per heavy atom. The van der Waals surface area contributed by atoms with Crippen LogP contribution < -0.4 is 10.6 Å². The molecule has 1 aromatic rings. The molecule has 1 saturated heterocycles. The molecule has 8 nitrogen and oxygen atoms in total. The summed E-state index contributed by atoms with van der Waals surface area (Å²) in [6.07, 6.45) is -0.422. The molecule has 1 fully saturated rings. The van der Waals surface area contributed by atoms with Crippen LogP contribution in [0.5, 0.6) is 0 Å². The predicted molar refractivity (Wildman–Crippen MR) is 91.0 cm³/mol. The number of carbonyl (C=O) groups excluding carboxylic acids is 2. The zero-order valence-electron chi connectivity index (χ0n) is 14.8. The van der Waals surface area contributed by atoms with Crippen LogP contribution in [0.4, 0.5) is 0 Å². The van der Waals surface area contributed by atoms with Crippen molar-refractivity contribution in [1.29, 1.82) is 0 Å². The molecule has 25 heavy (non-hydrogen) atoms. The van der Waals surface area contributed by atoms with Crippen LogP contribution in [0.3, 0.4) is 0 Å². The molecule has 1 aliphatic heterocycles. The van der Waals surface area contributed by atoms with E-state index in [1.165, 1.54) is 0 Å². The van der Waals surface area contributed by atoms with Crippen molar-refractivity contribution in [3.63, 3.8) is 0 Å². The number of hydrogen-bond acceptors (Lipinski definition) is 6. The molecule has 140 valence electrons. The average Bonchev–Trinajstić information content (AvgIpc) is 2.94. The van der Waals surface area contributed by atoms with Gasteiger partial charge in [-0.15, -0.1) is 0 Å². The van der Waals surface area contributed by atoms with Gasteiger partial charge in [0, 0.05) is 38.3 Å². The van der Waals surface area contributed by atoms with Crippen molar-refractivity contribution in [2.45, 2.75) is 26.4 Å². The first-order valence-electron chi connectivity index (χ1n) is 8.58. The summed E-state index contributed by atoms with van der Waals surface area (Å²) in [5.41, 5.74) is 0.710. The Morgan fingerprint density at radius 1 is 1.20 bits per heavy atom. The van der Waals surface area contributed by atoms with Crippen molar-refractivity contribution in [1.82, 2.24) is 15.5 Å². The number of nitrogens with one attached hydrogen (secondary N) is 2. The number of aliphatic hydroxyl groups is 1. The third kappa shape index (κ3) is 6.15. The minimum absolute atomic E-state index is 0.209. The van der Waals surface area contributed by atoms with Gasteiger partial charge in [-0.3, -0.25) is 14.5 Å². The van der Waals surface area contributed by atoms with Crippen LogP contribution >= 0.6 is 0 Å². The molecule has 1 aliphatic rings. The maximum Gasteiger partial charge on any atom is 0.309 e. The normalized spacial score (nSPS) is 16.4. The summed E-state index contributed by atoms with van der Waals surface area (Å²) in [6, 6.07) is 1.78. The minimum atomic E-state index is -0.734. The number of aliphatic hydroxyl groups excluding tert-OH is 1. The van der Waals surface area contributed by atoms with Gasteiger partial charge in [0.1, 0.15) is 11.5 Å². The molecule has 0 aliphatic carbocycles. The number of rotatable bonds is 7. The summed E-state index contributed by atoms with van der Waals surface area (Å²) in [6.45, 7) is 8.00. The fourth-order valence-corrected chi connectivity index (χ4v) is 2.77. The highest BCUT2D eigenvalue weighted by atomic mass is 16.5. The van der Waals surface area contributed by atoms with Crippen LogP contribution in [0.2, 0.25) is 0 Å². The van der Waals surface area contributed by atoms with Gasteiger partial charge in [-0.25, -0.2) is 0 Å². The van der Waals surface area contributed by atoms with Gasteiger partial charge >= 0.3 is 11.8 Å². The van der Waals surface area contributed by atoms with Gasteiger partial charge < -0.3 is 24.9 Å². The van der Waals surface area contributed by atoms with Crippen LogP contribution in [0.25, 0.3) is 0 Å². The van der Waals surface area contributed by atoms with Crippen molar-refractivity contribution in [3.05, 3.63) is 23.2 Å². The van der Waals surface area contributed by atoms with Crippen LogP contribution in [0.15, 0.2) is 10.5 Å². The maximum atomic E-state index is 11.8. The summed E-state index contributed by atoms with van der Waals surface area (Å²) in [7, 11) is 0. The molecule has 2 heterocycles. The Kier molecular flexibility index (Phi) is 7.42. The Labute approximate surface area is 147 Å². The summed E-state index contributed by atoms with van der Waals surface area (Å²) >= 11 is 0. The molecule has 3 N–H and O–H groups in total. The first-order chi connectivity index (χ1) is 12.0. The number of amides is 2. The van der Waals surface area contributed by atoms with Crippen molar-refractivity contribution < 1.29 is 23.8 Å². The molecule has 0 radical (unpaired) electrons. The third-order valence-electron chi connectivity index (χ3n) is 4.17. The van der Waals surface area contributed by atoms with Gasteiger partial charge in [0.25, 0.3) is 0 Å². The Bertz CT molecular complexity index is 581. The fourth-order valence-electron chi connectivity index (χ4n) is 2.77. The lowest BCUT2D eigenvalue weighted by molar-refractivity contribution is -0.139. The van der Waals surface area contributed by atoms with Gasteiger partial charge in [0.2, 0.25) is 0 Å². The highest BCUT2D eigenvalue weighted by molar-refractivity contribution is 6.35. The van der Waals surface area contributed by atoms with E-state index in [2.05, 4.69) is 15.5 Å². The smallest absolute Gasteiger partial charge is 0.309 e. The van der Waals surface area contributed by atoms with E-state index in [0.29, 0.717) is 44.0 Å². The van der Waals surface area contributed by atoms with Crippen LogP contribution in [-0.2, 0) is 14.3 Å². The van der Waals surface area contributed by atoms with E-state index in [1.807, 2.05) is 6.92 Å². The van der Waals surface area contributed by atoms with E-state index >= 15 is 0 Å². The second-order valence-electron chi connectivity index (χ2n) is 6.14. The molecule has 0 bridgehead atoms. The van der Waals surface area contributed by atoms with Crippen molar-refractivity contribution >= 4 is 11.8 Å². The van der Waals surface area contributed by atoms with Crippen LogP contribution in [0, 0.1) is 13.8 Å². The topological polar surface area (TPSA) is 104 Å². The Morgan fingerprint density at radius 2 is 1.84 bits per heavy atom. The largest absolute Gasteiger partial charge is 0.466 e. The highest BCUT2D eigenvalue weighted by Crippen LogP contribution is 2.23. The molecule has 1 unspecified atom stereocenters. The number of furan rings is 1. The SMILES string of the molecule is Cc1cc(C(O)CCNC(=O)C(=O)NCCN2CCOCC2)c(C)o1. The standard InChI is InChI=1S/C17H27N3O5/c1-12-11-14(13(2)25-12)15(21)3-4-18-16(22)17(23)19-5-6-20-7-9-24-10-8-20/h11,15,21H,3-10H2,1-2H3,(H,18,22)(H,19,23). The minimum Gasteiger partial charge on any atom is -0.466 e. The van der Waals surface area contributed by atoms with Crippen molar-refractivity contribution in [3.8, 4) is 0 Å². The van der Waals surface area contributed by atoms with E-state index in [0.717, 1.165) is 18.8 Å².